The van der Waals surface area contributed by atoms with E-state index in [1.165, 1.54) is 29.5 Å². The number of ether oxygens (including phenoxy) is 5. The van der Waals surface area contributed by atoms with E-state index in [1.54, 1.807) is 122 Å². The van der Waals surface area contributed by atoms with Gasteiger partial charge in [0.15, 0.2) is 28.5 Å². The lowest BCUT2D eigenvalue weighted by molar-refractivity contribution is -0.0949. The van der Waals surface area contributed by atoms with Gasteiger partial charge < -0.3 is 44.7 Å². The zero-order valence-electron chi connectivity index (χ0n) is 54.0. The molecule has 2 fully saturated rings. The van der Waals surface area contributed by atoms with E-state index in [0.717, 1.165) is 16.7 Å². The number of phosphoric ester groups is 1. The van der Waals surface area contributed by atoms with E-state index >= 15 is 4.57 Å². The summed E-state index contributed by atoms with van der Waals surface area (Å²) in [7, 11) is -1.62. The monoisotopic (exact) mass is 1360 g/mol. The van der Waals surface area contributed by atoms with E-state index in [4.69, 9.17) is 37.3 Å². The number of aromatic nitrogens is 6. The summed E-state index contributed by atoms with van der Waals surface area (Å²) in [4.78, 5) is 84.8. The molecule has 2 saturated heterocycles. The van der Waals surface area contributed by atoms with Crippen molar-refractivity contribution < 1.29 is 66.1 Å². The van der Waals surface area contributed by atoms with Crippen LogP contribution in [0.25, 0.3) is 11.2 Å². The number of hydrogen-bond donors (Lipinski definition) is 4. The zero-order valence-corrected chi connectivity index (χ0v) is 54.9. The van der Waals surface area contributed by atoms with Gasteiger partial charge in [-0.15, -0.1) is 0 Å². The first kappa shape index (κ1) is 67.2. The number of hydrogen-bond acceptors (Lipinski definition) is 20. The highest BCUT2D eigenvalue weighted by Gasteiger charge is 2.48. The van der Waals surface area contributed by atoms with E-state index in [-0.39, 0.29) is 54.8 Å². The topological polar surface area (TPSA) is 294 Å². The maximum Gasteiger partial charge on any atom is 0.475 e. The highest BCUT2D eigenvalue weighted by molar-refractivity contribution is 7.48. The molecule has 25 heteroatoms. The molecule has 3 aromatic heterocycles. The molecule has 1 aliphatic carbocycles. The average molecular weight is 1360 g/mol. The van der Waals surface area contributed by atoms with Crippen LogP contribution < -0.4 is 31.1 Å². The largest absolute Gasteiger partial charge is 0.497 e. The molecule has 0 radical (unpaired) electrons. The van der Waals surface area contributed by atoms with Gasteiger partial charge in [-0.25, -0.2) is 24.3 Å². The predicted molar refractivity (Wildman–Crippen MR) is 365 cm³/mol. The minimum atomic E-state index is -4.79. The molecule has 24 nitrogen and oxygen atoms in total. The third-order valence-electron chi connectivity index (χ3n) is 17.6. The SMILES string of the molecule is COc1ccc(C(OC[C@H]2O[C@@H](n3cnc4c(NC(=O)c5ccccc5)ncnc43)C[C@@H]2OP(=O)(OCCCCCCNc2cccc3c2C(=O)c2ccccc2C3=O)OC[C@H]2O[C@@H](n3ccc(NC(=O)c4ccccc4)nc3=O)C[C@@H]2O)(c2ccccc2)c2ccc(OC)cc2)cc1. The molecule has 0 saturated carbocycles. The first-order valence-corrected chi connectivity index (χ1v) is 33.9. The van der Waals surface area contributed by atoms with Gasteiger partial charge in [0.1, 0.15) is 60.0 Å². The number of aliphatic hydroxyl groups excluding tert-OH is 1. The second-order valence-electron chi connectivity index (χ2n) is 23.8. The van der Waals surface area contributed by atoms with Crippen molar-refractivity contribution in [2.75, 3.05) is 56.5 Å². The van der Waals surface area contributed by atoms with Crippen LogP contribution in [0.2, 0.25) is 0 Å². The van der Waals surface area contributed by atoms with Crippen molar-refractivity contribution in [1.29, 1.82) is 0 Å². The lowest BCUT2D eigenvalue weighted by Crippen LogP contribution is -2.38. The van der Waals surface area contributed by atoms with E-state index in [2.05, 4.69) is 35.9 Å². The number of fused-ring (bicyclic) bond motifs is 3. The Morgan fingerprint density at radius 2 is 1.20 bits per heavy atom. The van der Waals surface area contributed by atoms with Crippen LogP contribution in [0.15, 0.2) is 212 Å². The van der Waals surface area contributed by atoms with Crippen molar-refractivity contribution in [3.05, 3.63) is 267 Å². The van der Waals surface area contributed by atoms with Gasteiger partial charge in [0.2, 0.25) is 0 Å². The molecule has 3 aliphatic rings. The summed E-state index contributed by atoms with van der Waals surface area (Å²) < 4.78 is 69.9. The number of amides is 2. The highest BCUT2D eigenvalue weighted by atomic mass is 31.2. The fraction of sp³-hybridized carbons (Fsp3) is 0.257. The summed E-state index contributed by atoms with van der Waals surface area (Å²) in [6.07, 6.45) is -0.269. The number of nitrogens with one attached hydrogen (secondary N) is 3. The predicted octanol–water partition coefficient (Wildman–Crippen LogP) is 11.5. The second-order valence-corrected chi connectivity index (χ2v) is 25.4. The van der Waals surface area contributed by atoms with E-state index < -0.39 is 74.4 Å². The van der Waals surface area contributed by atoms with Gasteiger partial charge in [-0.1, -0.05) is 140 Å². The lowest BCUT2D eigenvalue weighted by atomic mass is 9.80. The molecule has 1 unspecified atom stereocenters. The Labute approximate surface area is 568 Å². The zero-order chi connectivity index (χ0) is 68.5. The van der Waals surface area contributed by atoms with Gasteiger partial charge >= 0.3 is 13.5 Å². The number of methoxy groups -OCH3 is 2. The standard InChI is InChI=1S/C74H70N9O15P/c1-91-52-33-29-50(30-34-52)74(49-23-12-7-13-24-49,51-31-35-53(92-2)36-32-51)93-43-61-59(42-64(97-61)83-46-78-66-69(76-45-77-70(66)83)81-72(88)48-21-10-6-11-22-48)98-99(90,94-40-17-4-3-16-38-75-57-28-18-27-56-65(57)68(86)55-26-15-14-25-54(55)67(56)85)95-44-60-58(84)41-63(96-60)82-39-37-62(80-73(82)89)79-71(87)47-19-8-5-9-20-47/h5-15,18-37,39,45-46,58-61,63-64,75,84H,3-4,16-17,38,40-44H2,1-2H3,(H,76,77,81,88)(H,79,80,87,89)/t58-,59-,60+,61+,63+,64+,99?/m0/s1. The number of ketones is 2. The van der Waals surface area contributed by atoms with Gasteiger partial charge in [-0.05, 0) is 90.2 Å². The molecule has 4 N–H and O–H groups in total. The molecule has 5 heterocycles. The summed E-state index contributed by atoms with van der Waals surface area (Å²) in [5.41, 5.74) is 3.36. The Morgan fingerprint density at radius 1 is 0.606 bits per heavy atom. The molecule has 7 aromatic carbocycles. The van der Waals surface area contributed by atoms with Crippen LogP contribution >= 0.6 is 7.82 Å². The van der Waals surface area contributed by atoms with Gasteiger partial charge in [-0.3, -0.25) is 41.9 Å². The second kappa shape index (κ2) is 30.2. The molecule has 7 atom stereocenters. The number of anilines is 3. The Morgan fingerprint density at radius 3 is 1.87 bits per heavy atom. The fourth-order valence-corrected chi connectivity index (χ4v) is 14.0. The number of aliphatic hydroxyl groups is 1. The molecule has 506 valence electrons. The highest BCUT2D eigenvalue weighted by Crippen LogP contribution is 2.55. The minimum Gasteiger partial charge on any atom is -0.497 e. The Bertz CT molecular complexity index is 4600. The number of benzene rings is 7. The van der Waals surface area contributed by atoms with E-state index in [9.17, 15) is 29.1 Å². The Hall–Kier alpha value is -10.4. The number of carbonyl (C=O) groups excluding carboxylic acids is 4. The molecule has 99 heavy (non-hydrogen) atoms. The van der Waals surface area contributed by atoms with E-state index in [0.29, 0.717) is 88.4 Å². The van der Waals surface area contributed by atoms with Crippen LogP contribution in [-0.4, -0.2) is 123 Å². The average Bonchev–Trinajstić information content (AvgIpc) is 1.75. The molecule has 10 aromatic rings. The van der Waals surface area contributed by atoms with Crippen LogP contribution in [0.4, 0.5) is 17.3 Å². The molecule has 0 bridgehead atoms. The normalized spacial score (nSPS) is 18.7. The lowest BCUT2D eigenvalue weighted by Gasteiger charge is -2.37. The maximum atomic E-state index is 15.8. The maximum absolute atomic E-state index is 15.8. The fourth-order valence-electron chi connectivity index (χ4n) is 12.6. The van der Waals surface area contributed by atoms with Gasteiger partial charge in [-0.2, -0.15) is 4.98 Å². The van der Waals surface area contributed by atoms with Crippen molar-refractivity contribution in [1.82, 2.24) is 29.1 Å². The summed E-state index contributed by atoms with van der Waals surface area (Å²) in [6, 6.07) is 55.2. The quantitative estimate of drug-likeness (QED) is 0.0201. The summed E-state index contributed by atoms with van der Waals surface area (Å²) in [5.74, 6) is 0.0601. The Balaban J connectivity index is 0.780. The summed E-state index contributed by atoms with van der Waals surface area (Å²) in [6.45, 7) is -0.413. The van der Waals surface area contributed by atoms with Crippen LogP contribution in [-0.2, 0) is 37.9 Å². The van der Waals surface area contributed by atoms with Crippen molar-refractivity contribution in [3.8, 4) is 11.5 Å². The Kier molecular flexibility index (Phi) is 20.5. The number of rotatable bonds is 28. The third kappa shape index (κ3) is 14.6. The molecule has 0 spiro atoms. The first-order chi connectivity index (χ1) is 48.3. The number of phosphoric acid groups is 1. The van der Waals surface area contributed by atoms with Crippen molar-refractivity contribution >= 4 is 59.7 Å². The molecule has 2 aliphatic heterocycles. The minimum absolute atomic E-state index is 0.00433. The number of unbranched alkanes of at least 4 members (excludes halogenated alkanes) is 3. The van der Waals surface area contributed by atoms with Gasteiger partial charge in [0.05, 0.1) is 52.0 Å². The van der Waals surface area contributed by atoms with Crippen molar-refractivity contribution in [3.63, 3.8) is 0 Å². The summed E-state index contributed by atoms with van der Waals surface area (Å²) >= 11 is 0. The first-order valence-electron chi connectivity index (χ1n) is 32.4. The number of nitrogens with zero attached hydrogens (tertiary/aromatic N) is 6. The van der Waals surface area contributed by atoms with Crippen LogP contribution in [0, 0.1) is 0 Å². The third-order valence-corrected chi connectivity index (χ3v) is 19.1. The molecule has 2 amide bonds. The van der Waals surface area contributed by atoms with E-state index in [1.807, 2.05) is 78.9 Å². The van der Waals surface area contributed by atoms with Crippen molar-refractivity contribution in [2.24, 2.45) is 0 Å². The van der Waals surface area contributed by atoms with Gasteiger partial charge in [0, 0.05) is 59.1 Å². The van der Waals surface area contributed by atoms with Crippen LogP contribution in [0.1, 0.15) is 120 Å². The van der Waals surface area contributed by atoms with Crippen LogP contribution in [0.5, 0.6) is 11.5 Å². The van der Waals surface area contributed by atoms with Crippen molar-refractivity contribution in [2.45, 2.75) is 81.0 Å². The smallest absolute Gasteiger partial charge is 0.475 e. The molecular formula is C74H70N9O15P. The van der Waals surface area contributed by atoms with Crippen LogP contribution in [0.3, 0.4) is 0 Å². The molecule has 13 rings (SSSR count). The number of carbonyl (C=O) groups is 4. The molecular weight excluding hydrogens is 1290 g/mol. The van der Waals surface area contributed by atoms with Gasteiger partial charge in [0.25, 0.3) is 11.8 Å². The summed E-state index contributed by atoms with van der Waals surface area (Å²) in [5, 5.41) is 20.4. The number of imidazole rings is 1.